The van der Waals surface area contributed by atoms with Crippen molar-refractivity contribution in [2.24, 2.45) is 0 Å². The van der Waals surface area contributed by atoms with Crippen LogP contribution in [0.1, 0.15) is 6.92 Å². The standard InChI is InChI=1S/C3H7O/c1-3(2)4/h3-4H,1H2,2H3. The summed E-state index contributed by atoms with van der Waals surface area (Å²) >= 11 is 0. The molecule has 0 aromatic carbocycles. The van der Waals surface area contributed by atoms with Gasteiger partial charge in [-0.1, -0.05) is 0 Å². The van der Waals surface area contributed by atoms with Gasteiger partial charge < -0.3 is 5.11 Å². The Labute approximate surface area is 26.3 Å². The summed E-state index contributed by atoms with van der Waals surface area (Å²) in [6, 6.07) is 0. The van der Waals surface area contributed by atoms with Crippen LogP contribution in [0.5, 0.6) is 0 Å². The highest BCUT2D eigenvalue weighted by atomic mass is 16.3. The number of aliphatic hydroxyl groups is 1. The van der Waals surface area contributed by atoms with Gasteiger partial charge in [0, 0.05) is 0 Å². The average molecular weight is 59.1 g/mol. The third kappa shape index (κ3) is 1130. The van der Waals surface area contributed by atoms with E-state index in [1.165, 1.54) is 0 Å². The molecule has 1 heteroatoms. The zero-order valence-electron chi connectivity index (χ0n) is 2.73. The quantitative estimate of drug-likeness (QED) is 0.422. The van der Waals surface area contributed by atoms with Gasteiger partial charge in [0.25, 0.3) is 0 Å². The molecule has 0 heterocycles. The van der Waals surface area contributed by atoms with Gasteiger partial charge in [-0.2, -0.15) is 0 Å². The molecule has 1 atom stereocenters. The Bertz CT molecular complexity index is 8.00. The van der Waals surface area contributed by atoms with Gasteiger partial charge in [-0.3, -0.25) is 0 Å². The fourth-order valence-electron chi connectivity index (χ4n) is 0. The molecule has 1 radical (unpaired) electrons. The lowest BCUT2D eigenvalue weighted by Gasteiger charge is -1.79. The summed E-state index contributed by atoms with van der Waals surface area (Å²) in [5, 5.41) is 7.94. The zero-order chi connectivity index (χ0) is 3.58. The lowest BCUT2D eigenvalue weighted by molar-refractivity contribution is 0.241. The van der Waals surface area contributed by atoms with Crippen molar-refractivity contribution in [1.82, 2.24) is 0 Å². The Kier molecular flexibility index (Phi) is 1.28. The summed E-state index contributed by atoms with van der Waals surface area (Å²) in [6.45, 7) is 4.81. The molecule has 1 unspecified atom stereocenters. The van der Waals surface area contributed by atoms with Crippen LogP contribution in [0.15, 0.2) is 0 Å². The van der Waals surface area contributed by atoms with Crippen molar-refractivity contribution < 1.29 is 5.11 Å². The van der Waals surface area contributed by atoms with Gasteiger partial charge in [0.1, 0.15) is 0 Å². The molecule has 0 aromatic heterocycles. The Hall–Kier alpha value is -0.0400. The molecule has 0 amide bonds. The molecule has 0 aliphatic carbocycles. The van der Waals surface area contributed by atoms with E-state index in [2.05, 4.69) is 6.92 Å². The molecule has 4 heavy (non-hydrogen) atoms. The van der Waals surface area contributed by atoms with Crippen molar-refractivity contribution in [3.63, 3.8) is 0 Å². The number of hydrogen-bond donors (Lipinski definition) is 1. The molecule has 0 bridgehead atoms. The molecule has 1 nitrogen and oxygen atoms in total. The van der Waals surface area contributed by atoms with E-state index in [0.717, 1.165) is 0 Å². The van der Waals surface area contributed by atoms with E-state index < -0.39 is 6.10 Å². The molecular weight excluding hydrogens is 52.0 g/mol. The van der Waals surface area contributed by atoms with Gasteiger partial charge in [-0.05, 0) is 13.8 Å². The molecule has 0 fully saturated rings. The van der Waals surface area contributed by atoms with Crippen LogP contribution in [0.3, 0.4) is 0 Å². The van der Waals surface area contributed by atoms with Crippen molar-refractivity contribution in [1.29, 1.82) is 0 Å². The maximum Gasteiger partial charge on any atom is 0.0513 e. The molecule has 0 rings (SSSR count). The predicted octanol–water partition coefficient (Wildman–Crippen LogP) is 0.201. The lowest BCUT2D eigenvalue weighted by Crippen LogP contribution is -1.86. The summed E-state index contributed by atoms with van der Waals surface area (Å²) in [4.78, 5) is 0. The van der Waals surface area contributed by atoms with E-state index in [0.29, 0.717) is 0 Å². The molecule has 25 valence electrons. The maximum absolute atomic E-state index is 7.94. The number of rotatable bonds is 0. The molecule has 0 aliphatic rings. The highest BCUT2D eigenvalue weighted by Crippen LogP contribution is 1.63. The van der Waals surface area contributed by atoms with Crippen LogP contribution in [0.2, 0.25) is 0 Å². The number of aliphatic hydroxyl groups excluding tert-OH is 1. The Morgan fingerprint density at radius 1 is 2.00 bits per heavy atom. The maximum atomic E-state index is 7.94. The van der Waals surface area contributed by atoms with Gasteiger partial charge in [-0.25, -0.2) is 0 Å². The second kappa shape index (κ2) is 1.30. The number of hydrogen-bond acceptors (Lipinski definition) is 1. The second-order valence-electron chi connectivity index (χ2n) is 0.849. The van der Waals surface area contributed by atoms with Gasteiger partial charge in [0.05, 0.1) is 6.10 Å². The summed E-state index contributed by atoms with van der Waals surface area (Å²) in [5.41, 5.74) is 0. The van der Waals surface area contributed by atoms with Crippen LogP contribution in [0, 0.1) is 6.92 Å². The van der Waals surface area contributed by atoms with Crippen LogP contribution >= 0.6 is 0 Å². The first-order chi connectivity index (χ1) is 1.73. The largest absolute Gasteiger partial charge is 0.393 e. The van der Waals surface area contributed by atoms with E-state index in [4.69, 9.17) is 5.11 Å². The molecule has 0 aliphatic heterocycles. The molecule has 0 aromatic rings. The van der Waals surface area contributed by atoms with E-state index in [1.807, 2.05) is 0 Å². The third-order valence-corrected chi connectivity index (χ3v) is 0. The highest BCUT2D eigenvalue weighted by molar-refractivity contribution is 4.40. The fraction of sp³-hybridized carbons (Fsp3) is 0.667. The summed E-state index contributed by atoms with van der Waals surface area (Å²) < 4.78 is 0. The van der Waals surface area contributed by atoms with Gasteiger partial charge in [0.2, 0.25) is 0 Å². The van der Waals surface area contributed by atoms with Crippen LogP contribution in [-0.4, -0.2) is 11.2 Å². The van der Waals surface area contributed by atoms with E-state index in [1.54, 1.807) is 6.92 Å². The van der Waals surface area contributed by atoms with Crippen molar-refractivity contribution >= 4 is 0 Å². The third-order valence-electron chi connectivity index (χ3n) is 0. The highest BCUT2D eigenvalue weighted by Gasteiger charge is 1.69. The topological polar surface area (TPSA) is 20.2 Å². The molecule has 0 saturated carbocycles. The normalized spacial score (nSPS) is 9.00. The van der Waals surface area contributed by atoms with Gasteiger partial charge in [0.15, 0.2) is 0 Å². The summed E-state index contributed by atoms with van der Waals surface area (Å²) in [5.74, 6) is 0. The van der Waals surface area contributed by atoms with Crippen LogP contribution < -0.4 is 0 Å². The van der Waals surface area contributed by atoms with Gasteiger partial charge in [-0.15, -0.1) is 0 Å². The Morgan fingerprint density at radius 2 is 2.00 bits per heavy atom. The van der Waals surface area contributed by atoms with Crippen molar-refractivity contribution in [2.75, 3.05) is 0 Å². The van der Waals surface area contributed by atoms with Crippen molar-refractivity contribution in [3.05, 3.63) is 6.92 Å². The minimum Gasteiger partial charge on any atom is -0.393 e. The molecule has 0 saturated heterocycles. The first kappa shape index (κ1) is 3.96. The van der Waals surface area contributed by atoms with Crippen LogP contribution in [0.25, 0.3) is 0 Å². The molecule has 1 N–H and O–H groups in total. The summed E-state index contributed by atoms with van der Waals surface area (Å²) in [7, 11) is 0. The predicted molar refractivity (Wildman–Crippen MR) is 17.0 cm³/mol. The van der Waals surface area contributed by atoms with Gasteiger partial charge >= 0.3 is 0 Å². The van der Waals surface area contributed by atoms with Crippen molar-refractivity contribution in [3.8, 4) is 0 Å². The molecule has 0 spiro atoms. The van der Waals surface area contributed by atoms with E-state index in [-0.39, 0.29) is 0 Å². The van der Waals surface area contributed by atoms with E-state index >= 15 is 0 Å². The first-order valence-corrected chi connectivity index (χ1v) is 1.24. The van der Waals surface area contributed by atoms with Crippen LogP contribution in [-0.2, 0) is 0 Å². The van der Waals surface area contributed by atoms with Crippen LogP contribution in [0.4, 0.5) is 0 Å². The minimum absolute atomic E-state index is 0.417. The average Bonchev–Trinajstić information content (AvgIpc) is 0.811. The zero-order valence-corrected chi connectivity index (χ0v) is 2.73. The first-order valence-electron chi connectivity index (χ1n) is 1.24. The van der Waals surface area contributed by atoms with Crippen molar-refractivity contribution in [2.45, 2.75) is 13.0 Å². The Balaban J connectivity index is 2.32. The SMILES string of the molecule is [CH2]C(C)O. The monoisotopic (exact) mass is 59.0 g/mol. The van der Waals surface area contributed by atoms with E-state index in [9.17, 15) is 0 Å². The summed E-state index contributed by atoms with van der Waals surface area (Å²) in [6.07, 6.45) is -0.417. The lowest BCUT2D eigenvalue weighted by atomic mass is 10.5. The molecular formula is C3H7O. The fourth-order valence-corrected chi connectivity index (χ4v) is 0. The minimum atomic E-state index is -0.417. The Morgan fingerprint density at radius 3 is 2.00 bits per heavy atom. The smallest absolute Gasteiger partial charge is 0.0513 e. The second-order valence-corrected chi connectivity index (χ2v) is 0.849.